The Morgan fingerprint density at radius 2 is 2.50 bits per heavy atom. The predicted molar refractivity (Wildman–Crippen MR) is 26.5 cm³/mol. The molecule has 0 unspecified atom stereocenters. The Morgan fingerprint density at radius 1 is 1.67 bits per heavy atom. The Kier molecular flexibility index (Phi) is 0.700. The Morgan fingerprint density at radius 3 is 2.67 bits per heavy atom. The summed E-state index contributed by atoms with van der Waals surface area (Å²) in [6.45, 7) is 0. The molecule has 0 saturated carbocycles. The largest absolute Gasteiger partial charge is 0.121 e. The van der Waals surface area contributed by atoms with Crippen molar-refractivity contribution in [3.05, 3.63) is 29.4 Å². The molecule has 1 aliphatic rings. The molecule has 0 bridgehead atoms. The van der Waals surface area contributed by atoms with E-state index < -0.39 is 0 Å². The van der Waals surface area contributed by atoms with Crippen molar-refractivity contribution in [2.45, 2.75) is 0 Å². The molecule has 1 aliphatic carbocycles. The topological polar surface area (TPSA) is 0 Å². The van der Waals surface area contributed by atoms with Crippen LogP contribution in [-0.2, 0) is 0 Å². The van der Waals surface area contributed by atoms with Crippen molar-refractivity contribution in [2.75, 3.05) is 0 Å². The molecule has 1 rings (SSSR count). The normalized spacial score (nSPS) is 15.7. The van der Waals surface area contributed by atoms with Gasteiger partial charge in [0, 0.05) is 0 Å². The molecule has 0 aromatic rings. The van der Waals surface area contributed by atoms with Gasteiger partial charge in [0.05, 0.1) is 0 Å². The SMILES string of the molecule is [B]C1=CC=C=C1. The van der Waals surface area contributed by atoms with Crippen molar-refractivity contribution in [1.82, 2.24) is 0 Å². The van der Waals surface area contributed by atoms with Crippen LogP contribution in [0.5, 0.6) is 0 Å². The van der Waals surface area contributed by atoms with Crippen molar-refractivity contribution in [2.24, 2.45) is 0 Å². The summed E-state index contributed by atoms with van der Waals surface area (Å²) < 4.78 is 0. The first-order valence-corrected chi connectivity index (χ1v) is 1.78. The molecule has 0 amide bonds. The molecule has 26 valence electrons. The molecular formula is C5H3B. The zero-order valence-electron chi connectivity index (χ0n) is 3.31. The zero-order chi connectivity index (χ0) is 4.41. The van der Waals surface area contributed by atoms with Gasteiger partial charge in [0.15, 0.2) is 0 Å². The third kappa shape index (κ3) is 0.449. The highest BCUT2D eigenvalue weighted by molar-refractivity contribution is 6.23. The highest BCUT2D eigenvalue weighted by atomic mass is 13.8. The van der Waals surface area contributed by atoms with Gasteiger partial charge in [-0.2, -0.15) is 0 Å². The molecule has 6 heavy (non-hydrogen) atoms. The molecule has 0 saturated heterocycles. The van der Waals surface area contributed by atoms with E-state index in [1.165, 1.54) is 0 Å². The average Bonchev–Trinajstić information content (AvgIpc) is 1.86. The lowest BCUT2D eigenvalue weighted by Gasteiger charge is -1.72. The lowest BCUT2D eigenvalue weighted by atomic mass is 9.98. The Balaban J connectivity index is 2.88. The van der Waals surface area contributed by atoms with Crippen LogP contribution in [0, 0.1) is 0 Å². The minimum absolute atomic E-state index is 0.787. The van der Waals surface area contributed by atoms with Crippen molar-refractivity contribution in [1.29, 1.82) is 0 Å². The molecule has 1 heteroatoms. The first-order chi connectivity index (χ1) is 2.89. The second-order valence-electron chi connectivity index (χ2n) is 1.14. The number of hydrogen-bond acceptors (Lipinski definition) is 0. The number of rotatable bonds is 0. The first-order valence-electron chi connectivity index (χ1n) is 1.78. The van der Waals surface area contributed by atoms with Crippen molar-refractivity contribution in [3.8, 4) is 0 Å². The molecule has 0 N–H and O–H groups in total. The molecular weight excluding hydrogens is 70.9 g/mol. The molecule has 0 aromatic heterocycles. The summed E-state index contributed by atoms with van der Waals surface area (Å²) in [5.41, 5.74) is 3.59. The first kappa shape index (κ1) is 3.51. The molecule has 0 heterocycles. The maximum atomic E-state index is 5.25. The monoisotopic (exact) mass is 74.0 g/mol. The molecule has 0 nitrogen and oxygen atoms in total. The van der Waals surface area contributed by atoms with Gasteiger partial charge in [0.1, 0.15) is 7.85 Å². The predicted octanol–water partition coefficient (Wildman–Crippen LogP) is 0.764. The van der Waals surface area contributed by atoms with Gasteiger partial charge >= 0.3 is 0 Å². The van der Waals surface area contributed by atoms with Crippen LogP contribution in [0.3, 0.4) is 0 Å². The summed E-state index contributed by atoms with van der Waals surface area (Å²) in [5.74, 6) is 0. The molecule has 0 aliphatic heterocycles. The van der Waals surface area contributed by atoms with E-state index in [0.717, 1.165) is 5.47 Å². The molecule has 0 atom stereocenters. The summed E-state index contributed by atoms with van der Waals surface area (Å²) >= 11 is 0. The number of hydrogen-bond donors (Lipinski definition) is 0. The van der Waals surface area contributed by atoms with Crippen LogP contribution in [0.15, 0.2) is 29.4 Å². The van der Waals surface area contributed by atoms with Gasteiger partial charge in [-0.25, -0.2) is 0 Å². The Bertz CT molecular complexity index is 136. The summed E-state index contributed by atoms with van der Waals surface area (Å²) in [5, 5.41) is 0. The highest BCUT2D eigenvalue weighted by Crippen LogP contribution is 1.93. The summed E-state index contributed by atoms with van der Waals surface area (Å²) in [7, 11) is 5.25. The van der Waals surface area contributed by atoms with Crippen molar-refractivity contribution >= 4 is 7.85 Å². The van der Waals surface area contributed by atoms with E-state index in [0.29, 0.717) is 0 Å². The fraction of sp³-hybridized carbons (Fsp3) is 0. The maximum absolute atomic E-state index is 5.25. The van der Waals surface area contributed by atoms with Gasteiger partial charge < -0.3 is 0 Å². The minimum atomic E-state index is 0.787. The van der Waals surface area contributed by atoms with E-state index in [1.807, 2.05) is 0 Å². The molecule has 0 spiro atoms. The third-order valence-corrected chi connectivity index (χ3v) is 0.622. The second-order valence-corrected chi connectivity index (χ2v) is 1.14. The number of allylic oxidation sites excluding steroid dienone is 3. The summed E-state index contributed by atoms with van der Waals surface area (Å²) in [4.78, 5) is 0. The smallest absolute Gasteiger partial charge is 0.114 e. The molecule has 0 fully saturated rings. The van der Waals surface area contributed by atoms with Crippen LogP contribution in [0.1, 0.15) is 0 Å². The van der Waals surface area contributed by atoms with Gasteiger partial charge in [-0.3, -0.25) is 0 Å². The van der Waals surface area contributed by atoms with Crippen molar-refractivity contribution < 1.29 is 0 Å². The summed E-state index contributed by atoms with van der Waals surface area (Å²) in [6, 6.07) is 0. The summed E-state index contributed by atoms with van der Waals surface area (Å²) in [6.07, 6.45) is 5.33. The van der Waals surface area contributed by atoms with Crippen LogP contribution in [0.25, 0.3) is 0 Å². The Labute approximate surface area is 38.3 Å². The van der Waals surface area contributed by atoms with Crippen molar-refractivity contribution in [3.63, 3.8) is 0 Å². The van der Waals surface area contributed by atoms with E-state index >= 15 is 0 Å². The van der Waals surface area contributed by atoms with Crippen LogP contribution in [0.4, 0.5) is 0 Å². The lowest BCUT2D eigenvalue weighted by molar-refractivity contribution is 2.00. The van der Waals surface area contributed by atoms with Crippen LogP contribution in [-0.4, -0.2) is 7.85 Å². The van der Waals surface area contributed by atoms with Gasteiger partial charge in [0.2, 0.25) is 0 Å². The van der Waals surface area contributed by atoms with E-state index in [4.69, 9.17) is 7.85 Å². The van der Waals surface area contributed by atoms with Crippen LogP contribution < -0.4 is 0 Å². The van der Waals surface area contributed by atoms with Crippen LogP contribution >= 0.6 is 0 Å². The zero-order valence-corrected chi connectivity index (χ0v) is 3.31. The minimum Gasteiger partial charge on any atom is -0.121 e. The Hall–Kier alpha value is -0.675. The van der Waals surface area contributed by atoms with E-state index in [9.17, 15) is 0 Å². The highest BCUT2D eigenvalue weighted by Gasteiger charge is 1.77. The fourth-order valence-corrected chi connectivity index (χ4v) is 0.337. The van der Waals surface area contributed by atoms with Gasteiger partial charge in [-0.1, -0.05) is 11.5 Å². The van der Waals surface area contributed by atoms with Gasteiger partial charge in [-0.15, -0.1) is 5.73 Å². The average molecular weight is 73.9 g/mol. The van der Waals surface area contributed by atoms with Crippen LogP contribution in [0.2, 0.25) is 0 Å². The lowest BCUT2D eigenvalue weighted by Crippen LogP contribution is -1.63. The maximum Gasteiger partial charge on any atom is 0.114 e. The van der Waals surface area contributed by atoms with E-state index in [-0.39, 0.29) is 0 Å². The second kappa shape index (κ2) is 1.20. The van der Waals surface area contributed by atoms with Gasteiger partial charge in [0.25, 0.3) is 0 Å². The molecule has 2 radical (unpaired) electrons. The van der Waals surface area contributed by atoms with E-state index in [2.05, 4.69) is 5.73 Å². The van der Waals surface area contributed by atoms with Gasteiger partial charge in [-0.05, 0) is 12.2 Å². The third-order valence-electron chi connectivity index (χ3n) is 0.622. The fourth-order valence-electron chi connectivity index (χ4n) is 0.337. The molecule has 0 aromatic carbocycles. The van der Waals surface area contributed by atoms with E-state index in [1.54, 1.807) is 18.2 Å². The standard InChI is InChI=1S/C5H3B/c6-5-3-1-2-4-5/h1,3-4H. The quantitative estimate of drug-likeness (QED) is 0.294.